The van der Waals surface area contributed by atoms with Gasteiger partial charge in [-0.15, -0.1) is 0 Å². The van der Waals surface area contributed by atoms with Gasteiger partial charge >= 0.3 is 12.1 Å². The van der Waals surface area contributed by atoms with Crippen LogP contribution in [0.1, 0.15) is 26.0 Å². The molecule has 0 aliphatic rings. The first-order valence-electron chi connectivity index (χ1n) is 11.5. The number of hydrogen-bond acceptors (Lipinski definition) is 3. The van der Waals surface area contributed by atoms with E-state index in [-0.39, 0.29) is 13.2 Å². The van der Waals surface area contributed by atoms with Crippen LogP contribution in [0.3, 0.4) is 0 Å². The molecular formula is C29H25F4N3O2. The number of hydrogen-bond donors (Lipinski definition) is 1. The Morgan fingerprint density at radius 2 is 1.63 bits per heavy atom. The average Bonchev–Trinajstić information content (AvgIpc) is 3.30. The zero-order valence-corrected chi connectivity index (χ0v) is 19.5. The number of nitrogens with one attached hydrogen (secondary N) is 1. The van der Waals surface area contributed by atoms with Gasteiger partial charge < -0.3 is 10.1 Å². The van der Waals surface area contributed by atoms with Crippen LogP contribution in [0.15, 0.2) is 91.1 Å². The number of fused-ring (bicyclic) bond motifs is 2. The van der Waals surface area contributed by atoms with Gasteiger partial charge in [0.05, 0.1) is 23.4 Å². The molecule has 0 spiro atoms. The fourth-order valence-corrected chi connectivity index (χ4v) is 4.23. The molecule has 0 unspecified atom stereocenters. The van der Waals surface area contributed by atoms with Crippen molar-refractivity contribution in [2.75, 3.05) is 0 Å². The lowest BCUT2D eigenvalue weighted by atomic mass is 9.99. The van der Waals surface area contributed by atoms with Crippen LogP contribution >= 0.6 is 0 Å². The van der Waals surface area contributed by atoms with Gasteiger partial charge in [0.25, 0.3) is 0 Å². The second-order valence-corrected chi connectivity index (χ2v) is 8.66. The van der Waals surface area contributed by atoms with Crippen molar-refractivity contribution >= 4 is 27.6 Å². The monoisotopic (exact) mass is 523 g/mol. The smallest absolute Gasteiger partial charge is 0.471 e. The Bertz CT molecular complexity index is 1580. The van der Waals surface area contributed by atoms with Crippen LogP contribution in [0.25, 0.3) is 27.4 Å². The van der Waals surface area contributed by atoms with Gasteiger partial charge in [-0.3, -0.25) is 4.79 Å². The van der Waals surface area contributed by atoms with E-state index in [2.05, 4.69) is 5.10 Å². The molecule has 1 amide bonds. The maximum atomic E-state index is 13.3. The molecule has 5 aromatic rings. The van der Waals surface area contributed by atoms with Gasteiger partial charge in [-0.1, -0.05) is 43.8 Å². The topological polar surface area (TPSA) is 56.1 Å². The molecule has 1 N–H and O–H groups in total. The van der Waals surface area contributed by atoms with Gasteiger partial charge in [0.1, 0.15) is 17.7 Å². The highest BCUT2D eigenvalue weighted by Gasteiger charge is 2.40. The number of carbonyl (C=O) groups excluding carboxylic acids is 1. The predicted molar refractivity (Wildman–Crippen MR) is 139 cm³/mol. The summed E-state index contributed by atoms with van der Waals surface area (Å²) in [4.78, 5) is 11.7. The lowest BCUT2D eigenvalue weighted by Gasteiger charge is -2.27. The van der Waals surface area contributed by atoms with E-state index in [1.165, 1.54) is 19.1 Å². The molecule has 4 aromatic carbocycles. The van der Waals surface area contributed by atoms with Crippen LogP contribution in [-0.2, 0) is 4.79 Å². The van der Waals surface area contributed by atoms with Gasteiger partial charge in [0.2, 0.25) is 0 Å². The first-order valence-corrected chi connectivity index (χ1v) is 11.5. The van der Waals surface area contributed by atoms with Crippen molar-refractivity contribution in [3.63, 3.8) is 0 Å². The Morgan fingerprint density at radius 1 is 0.921 bits per heavy atom. The van der Waals surface area contributed by atoms with Crippen LogP contribution < -0.4 is 10.1 Å². The number of carbonyl (C=O) groups is 1. The maximum Gasteiger partial charge on any atom is 0.471 e. The first kappa shape index (κ1) is 26.7. The fraction of sp³-hybridized carbons (Fsp3) is 0.172. The highest BCUT2D eigenvalue weighted by atomic mass is 19.4. The van der Waals surface area contributed by atoms with Crippen molar-refractivity contribution in [1.29, 1.82) is 0 Å². The number of ether oxygens (including phenoxy) is 1. The Hall–Kier alpha value is -4.40. The molecule has 1 heterocycles. The number of nitrogens with zero attached hydrogens (tertiary/aromatic N) is 2. The van der Waals surface area contributed by atoms with Crippen molar-refractivity contribution in [1.82, 2.24) is 15.1 Å². The van der Waals surface area contributed by atoms with E-state index in [0.29, 0.717) is 22.4 Å². The lowest BCUT2D eigenvalue weighted by Crippen LogP contribution is -2.45. The Labute approximate surface area is 216 Å². The minimum Gasteiger partial charge on any atom is -0.484 e. The lowest BCUT2D eigenvalue weighted by molar-refractivity contribution is -0.174. The van der Waals surface area contributed by atoms with Gasteiger partial charge in [-0.05, 0) is 71.8 Å². The SMILES string of the molecule is C.C[C@H](NC(=O)C(F)(F)F)[C@H](Oc1ccc2c(cnn2-c2ccc(F)cc2)c1)c1ccc2ccccc2c1. The summed E-state index contributed by atoms with van der Waals surface area (Å²) >= 11 is 0. The minimum absolute atomic E-state index is 0. The number of rotatable bonds is 6. The summed E-state index contributed by atoms with van der Waals surface area (Å²) in [6, 6.07) is 23.1. The van der Waals surface area contributed by atoms with E-state index in [4.69, 9.17) is 4.74 Å². The molecule has 0 aliphatic heterocycles. The highest BCUT2D eigenvalue weighted by molar-refractivity contribution is 5.84. The zero-order chi connectivity index (χ0) is 26.2. The summed E-state index contributed by atoms with van der Waals surface area (Å²) in [6.07, 6.45) is -4.32. The zero-order valence-electron chi connectivity index (χ0n) is 19.5. The molecule has 5 nitrogen and oxygen atoms in total. The fourth-order valence-electron chi connectivity index (χ4n) is 4.23. The third kappa shape index (κ3) is 5.46. The molecule has 0 saturated carbocycles. The summed E-state index contributed by atoms with van der Waals surface area (Å²) < 4.78 is 60.1. The van der Waals surface area contributed by atoms with E-state index >= 15 is 0 Å². The van der Waals surface area contributed by atoms with Crippen LogP contribution in [0, 0.1) is 5.82 Å². The van der Waals surface area contributed by atoms with E-state index in [1.54, 1.807) is 47.3 Å². The van der Waals surface area contributed by atoms with Crippen molar-refractivity contribution in [2.45, 2.75) is 32.7 Å². The van der Waals surface area contributed by atoms with Gasteiger partial charge in [-0.25, -0.2) is 9.07 Å². The molecule has 2 atom stereocenters. The third-order valence-electron chi connectivity index (χ3n) is 6.05. The average molecular weight is 524 g/mol. The van der Waals surface area contributed by atoms with Crippen LogP contribution in [0.5, 0.6) is 5.75 Å². The largest absolute Gasteiger partial charge is 0.484 e. The van der Waals surface area contributed by atoms with Crippen molar-refractivity contribution in [2.24, 2.45) is 0 Å². The van der Waals surface area contributed by atoms with Crippen LogP contribution in [0.2, 0.25) is 0 Å². The molecule has 9 heteroatoms. The third-order valence-corrected chi connectivity index (χ3v) is 6.05. The second-order valence-electron chi connectivity index (χ2n) is 8.66. The van der Waals surface area contributed by atoms with Gasteiger partial charge in [0.15, 0.2) is 0 Å². The second kappa shape index (κ2) is 10.5. The normalized spacial score (nSPS) is 13.1. The van der Waals surface area contributed by atoms with Gasteiger partial charge in [-0.2, -0.15) is 18.3 Å². The van der Waals surface area contributed by atoms with E-state index in [1.807, 2.05) is 41.7 Å². The van der Waals surface area contributed by atoms with Crippen molar-refractivity contribution < 1.29 is 27.1 Å². The van der Waals surface area contributed by atoms with Gasteiger partial charge in [0, 0.05) is 5.39 Å². The number of amides is 1. The van der Waals surface area contributed by atoms with Crippen LogP contribution in [-0.4, -0.2) is 27.9 Å². The molecule has 0 aliphatic carbocycles. The molecule has 0 radical (unpaired) electrons. The summed E-state index contributed by atoms with van der Waals surface area (Å²) in [6.45, 7) is 1.47. The molecule has 5 rings (SSSR count). The summed E-state index contributed by atoms with van der Waals surface area (Å²) in [7, 11) is 0. The molecular weight excluding hydrogens is 498 g/mol. The molecule has 196 valence electrons. The van der Waals surface area contributed by atoms with Crippen molar-refractivity contribution in [3.8, 4) is 11.4 Å². The number of benzene rings is 4. The standard InChI is InChI=1S/C28H21F4N3O2.CH4/c1-17(34-27(36)28(30,31)32)26(20-7-6-18-4-2-3-5-19(18)14-20)37-24-12-13-25-21(15-24)16-33-35(25)23-10-8-22(29)9-11-23;/h2-17,26H,1H3,(H,34,36);1H4/t17-,26-;/m0./s1. The van der Waals surface area contributed by atoms with E-state index < -0.39 is 24.2 Å². The quantitative estimate of drug-likeness (QED) is 0.241. The van der Waals surface area contributed by atoms with Crippen LogP contribution in [0.4, 0.5) is 17.6 Å². The summed E-state index contributed by atoms with van der Waals surface area (Å²) in [5.74, 6) is -2.01. The Kier molecular flexibility index (Phi) is 7.39. The Balaban J connectivity index is 0.00000336. The van der Waals surface area contributed by atoms with E-state index in [9.17, 15) is 22.4 Å². The number of alkyl halides is 3. The highest BCUT2D eigenvalue weighted by Crippen LogP contribution is 2.31. The minimum atomic E-state index is -5.02. The number of halogens is 4. The Morgan fingerprint density at radius 3 is 2.34 bits per heavy atom. The predicted octanol–water partition coefficient (Wildman–Crippen LogP) is 7.14. The molecule has 0 bridgehead atoms. The molecule has 0 saturated heterocycles. The summed E-state index contributed by atoms with van der Waals surface area (Å²) in [5.41, 5.74) is 2.01. The van der Waals surface area contributed by atoms with Crippen molar-refractivity contribution in [3.05, 3.63) is 103 Å². The maximum absolute atomic E-state index is 13.3. The molecule has 38 heavy (non-hydrogen) atoms. The summed E-state index contributed by atoms with van der Waals surface area (Å²) in [5, 5.41) is 8.95. The molecule has 1 aromatic heterocycles. The number of aromatic nitrogens is 2. The first-order chi connectivity index (χ1) is 17.7. The van der Waals surface area contributed by atoms with E-state index in [0.717, 1.165) is 16.3 Å². The molecule has 0 fully saturated rings.